The van der Waals surface area contributed by atoms with Gasteiger partial charge in [0.25, 0.3) is 0 Å². The maximum atomic E-state index is 14.0. The number of anilines is 1. The van der Waals surface area contributed by atoms with Gasteiger partial charge in [-0.3, -0.25) is 4.79 Å². The van der Waals surface area contributed by atoms with Crippen LogP contribution in [0.5, 0.6) is 11.5 Å². The molecular weight excluding hydrogens is 561 g/mol. The van der Waals surface area contributed by atoms with Gasteiger partial charge in [-0.05, 0) is 66.6 Å². The Balaban J connectivity index is 1.36. The number of alkyl halides is 3. The molecule has 0 bridgehead atoms. The fourth-order valence-corrected chi connectivity index (χ4v) is 4.90. The number of carbonyl (C=O) groups is 1. The average molecular weight is 587 g/mol. The highest BCUT2D eigenvalue weighted by Crippen LogP contribution is 2.30. The molecule has 6 rings (SSSR count). The lowest BCUT2D eigenvalue weighted by molar-refractivity contribution is -0.274. The topological polar surface area (TPSA) is 113 Å². The number of aryl methyl sites for hydroxylation is 1. The van der Waals surface area contributed by atoms with E-state index in [-0.39, 0.29) is 22.9 Å². The Labute approximate surface area is 243 Å². The van der Waals surface area contributed by atoms with E-state index in [4.69, 9.17) is 10.5 Å². The zero-order chi connectivity index (χ0) is 30.3. The second-order valence-corrected chi connectivity index (χ2v) is 9.87. The molecule has 0 aliphatic rings. The van der Waals surface area contributed by atoms with E-state index in [2.05, 4.69) is 19.8 Å². The zero-order valence-electron chi connectivity index (χ0n) is 23.0. The molecule has 0 atom stereocenters. The highest BCUT2D eigenvalue weighted by Gasteiger charge is 2.31. The van der Waals surface area contributed by atoms with Crippen molar-refractivity contribution in [1.82, 2.24) is 24.3 Å². The molecule has 6 aromatic rings. The lowest BCUT2D eigenvalue weighted by Gasteiger charge is -2.10. The second kappa shape index (κ2) is 10.7. The molecule has 3 heterocycles. The second-order valence-electron chi connectivity index (χ2n) is 9.87. The molecule has 0 fully saturated rings. The van der Waals surface area contributed by atoms with Gasteiger partial charge in [0.05, 0.1) is 41.3 Å². The number of nitrogens with two attached hydrogens (primary N) is 1. The number of rotatable bonds is 8. The molecule has 0 saturated carbocycles. The van der Waals surface area contributed by atoms with Crippen LogP contribution < -0.4 is 15.2 Å². The lowest BCUT2D eigenvalue weighted by Crippen LogP contribution is -2.16. The molecule has 0 spiro atoms. The van der Waals surface area contributed by atoms with E-state index in [0.717, 1.165) is 22.4 Å². The van der Waals surface area contributed by atoms with E-state index >= 15 is 0 Å². The maximum absolute atomic E-state index is 14.0. The van der Waals surface area contributed by atoms with Crippen LogP contribution in [0, 0.1) is 6.92 Å². The summed E-state index contributed by atoms with van der Waals surface area (Å²) in [6, 6.07) is 20.1. The predicted molar refractivity (Wildman–Crippen MR) is 154 cm³/mol. The first kappa shape index (κ1) is 27.6. The van der Waals surface area contributed by atoms with Crippen molar-refractivity contribution in [3.63, 3.8) is 0 Å². The number of aromatic nitrogens is 5. The normalized spacial score (nSPS) is 11.7. The van der Waals surface area contributed by atoms with Crippen LogP contribution >= 0.6 is 0 Å². The summed E-state index contributed by atoms with van der Waals surface area (Å²) >= 11 is 0. The van der Waals surface area contributed by atoms with Crippen molar-refractivity contribution in [3.8, 4) is 28.3 Å². The molecule has 0 unspecified atom stereocenters. The smallest absolute Gasteiger partial charge is 0.497 e. The van der Waals surface area contributed by atoms with E-state index in [1.165, 1.54) is 35.1 Å². The van der Waals surface area contributed by atoms with Crippen molar-refractivity contribution in [1.29, 1.82) is 0 Å². The minimum Gasteiger partial charge on any atom is -0.497 e. The first-order valence-electron chi connectivity index (χ1n) is 13.1. The number of methoxy groups -OCH3 is 1. The van der Waals surface area contributed by atoms with Crippen LogP contribution in [0.1, 0.15) is 27.4 Å². The van der Waals surface area contributed by atoms with Crippen molar-refractivity contribution in [2.45, 2.75) is 19.8 Å². The summed E-state index contributed by atoms with van der Waals surface area (Å²) in [5, 5.41) is 4.39. The Hall–Kier alpha value is -5.52. The summed E-state index contributed by atoms with van der Waals surface area (Å²) < 4.78 is 50.4. The average Bonchev–Trinajstić information content (AvgIpc) is 3.68. The number of fused-ring (bicyclic) bond motifs is 1. The molecule has 43 heavy (non-hydrogen) atoms. The number of nitrogens with one attached hydrogen (secondary N) is 1. The van der Waals surface area contributed by atoms with Gasteiger partial charge in [-0.2, -0.15) is 5.10 Å². The van der Waals surface area contributed by atoms with Gasteiger partial charge in [-0.25, -0.2) is 9.67 Å². The number of nitrogens with zero attached hydrogens (tertiary/aromatic N) is 4. The fraction of sp³-hybridized carbons (Fsp3) is 0.129. The van der Waals surface area contributed by atoms with Gasteiger partial charge in [-0.15, -0.1) is 13.2 Å². The SMILES string of the molecule is COc1ccc(Cn2cc(-c3ccc(OC(F)(F)F)cc3)cc2C(=O)c2cnn(-c3ccc4nc(C)[nH]c4c3)c2N)cc1. The van der Waals surface area contributed by atoms with E-state index in [9.17, 15) is 18.0 Å². The van der Waals surface area contributed by atoms with Gasteiger partial charge in [0.2, 0.25) is 5.78 Å². The first-order chi connectivity index (χ1) is 20.6. The zero-order valence-corrected chi connectivity index (χ0v) is 23.0. The van der Waals surface area contributed by atoms with Crippen molar-refractivity contribution in [2.75, 3.05) is 12.8 Å². The van der Waals surface area contributed by atoms with Gasteiger partial charge in [-0.1, -0.05) is 24.3 Å². The largest absolute Gasteiger partial charge is 0.573 e. The van der Waals surface area contributed by atoms with Crippen LogP contribution in [0.15, 0.2) is 85.2 Å². The minimum atomic E-state index is -4.80. The molecule has 0 aliphatic heterocycles. The Morgan fingerprint density at radius 1 is 0.977 bits per heavy atom. The van der Waals surface area contributed by atoms with Crippen molar-refractivity contribution >= 4 is 22.6 Å². The van der Waals surface area contributed by atoms with Gasteiger partial charge in [0, 0.05) is 18.3 Å². The number of hydrogen-bond donors (Lipinski definition) is 2. The minimum absolute atomic E-state index is 0.160. The highest BCUT2D eigenvalue weighted by molar-refractivity contribution is 6.11. The van der Waals surface area contributed by atoms with Gasteiger partial charge >= 0.3 is 6.36 Å². The number of nitrogen functional groups attached to an aromatic ring is 1. The van der Waals surface area contributed by atoms with E-state index in [1.54, 1.807) is 23.9 Å². The number of H-pyrrole nitrogens is 1. The summed E-state index contributed by atoms with van der Waals surface area (Å²) in [5.41, 5.74) is 11.4. The van der Waals surface area contributed by atoms with Gasteiger partial charge in [0.1, 0.15) is 23.1 Å². The molecule has 3 N–H and O–H groups in total. The summed E-state index contributed by atoms with van der Waals surface area (Å²) in [5.74, 6) is 0.923. The summed E-state index contributed by atoms with van der Waals surface area (Å²) in [6.07, 6.45) is -1.60. The summed E-state index contributed by atoms with van der Waals surface area (Å²) in [6.45, 7) is 2.20. The molecule has 9 nitrogen and oxygen atoms in total. The third-order valence-corrected chi connectivity index (χ3v) is 6.94. The molecule has 218 valence electrons. The summed E-state index contributed by atoms with van der Waals surface area (Å²) in [7, 11) is 1.58. The number of imidazole rings is 1. The monoisotopic (exact) mass is 586 g/mol. The molecule has 3 aromatic heterocycles. The van der Waals surface area contributed by atoms with Crippen LogP contribution in [0.4, 0.5) is 19.0 Å². The van der Waals surface area contributed by atoms with Crippen molar-refractivity contribution in [3.05, 3.63) is 108 Å². The molecule has 0 saturated heterocycles. The molecule has 3 aromatic carbocycles. The number of ketones is 1. The Morgan fingerprint density at radius 2 is 1.70 bits per heavy atom. The third-order valence-electron chi connectivity index (χ3n) is 6.94. The van der Waals surface area contributed by atoms with Crippen LogP contribution in [0.25, 0.3) is 27.8 Å². The van der Waals surface area contributed by atoms with Crippen molar-refractivity contribution < 1.29 is 27.4 Å². The lowest BCUT2D eigenvalue weighted by atomic mass is 10.1. The van der Waals surface area contributed by atoms with Crippen molar-refractivity contribution in [2.24, 2.45) is 0 Å². The number of carbonyl (C=O) groups excluding carboxylic acids is 1. The molecule has 0 radical (unpaired) electrons. The molecule has 0 aliphatic carbocycles. The number of benzene rings is 3. The number of ether oxygens (including phenoxy) is 2. The predicted octanol–water partition coefficient (Wildman–Crippen LogP) is 6.29. The van der Waals surface area contributed by atoms with Crippen LogP contribution in [0.2, 0.25) is 0 Å². The van der Waals surface area contributed by atoms with E-state index in [1.807, 2.05) is 49.4 Å². The van der Waals surface area contributed by atoms with Crippen LogP contribution in [-0.4, -0.2) is 43.6 Å². The van der Waals surface area contributed by atoms with Crippen LogP contribution in [-0.2, 0) is 6.54 Å². The molecule has 12 heteroatoms. The quantitative estimate of drug-likeness (QED) is 0.203. The number of hydrogen-bond acceptors (Lipinski definition) is 6. The third kappa shape index (κ3) is 5.67. The van der Waals surface area contributed by atoms with E-state index in [0.29, 0.717) is 34.8 Å². The molecular formula is C31H25F3N6O3. The van der Waals surface area contributed by atoms with Crippen LogP contribution in [0.3, 0.4) is 0 Å². The maximum Gasteiger partial charge on any atom is 0.573 e. The number of halogens is 3. The Bertz CT molecular complexity index is 1940. The number of aromatic amines is 1. The van der Waals surface area contributed by atoms with Gasteiger partial charge < -0.3 is 24.8 Å². The Kier molecular flexibility index (Phi) is 6.88. The fourth-order valence-electron chi connectivity index (χ4n) is 4.90. The van der Waals surface area contributed by atoms with Gasteiger partial charge in [0.15, 0.2) is 0 Å². The standard InChI is InChI=1S/C31H25F3N6O3/c1-18-37-26-12-7-22(14-27(26)38-18)40-30(35)25(15-36-40)29(41)28-13-21(20-5-10-24(11-6-20)43-31(32,33)34)17-39(28)16-19-3-8-23(42-2)9-4-19/h3-15,17H,16,35H2,1-2H3,(H,37,38). The molecule has 0 amide bonds. The highest BCUT2D eigenvalue weighted by atomic mass is 19.4. The Morgan fingerprint density at radius 3 is 2.40 bits per heavy atom. The summed E-state index contributed by atoms with van der Waals surface area (Å²) in [4.78, 5) is 21.5. The van der Waals surface area contributed by atoms with E-state index < -0.39 is 6.36 Å². The first-order valence-corrected chi connectivity index (χ1v) is 13.1.